The van der Waals surface area contributed by atoms with Crippen molar-refractivity contribution >= 4 is 63.0 Å². The summed E-state index contributed by atoms with van der Waals surface area (Å²) in [4.78, 5) is 12.3. The van der Waals surface area contributed by atoms with Crippen molar-refractivity contribution in [2.24, 2.45) is 0 Å². The number of rotatable bonds is 4. The molecule has 1 aliphatic carbocycles. The highest BCUT2D eigenvalue weighted by atomic mass is 127. The second-order valence-corrected chi connectivity index (χ2v) is 9.44. The highest BCUT2D eigenvalue weighted by Gasteiger charge is 2.33. The minimum absolute atomic E-state index is 0.143. The number of nitrogens with one attached hydrogen (secondary N) is 2. The number of hydrogen-bond acceptors (Lipinski definition) is 3. The van der Waals surface area contributed by atoms with E-state index in [9.17, 15) is 23.2 Å². The summed E-state index contributed by atoms with van der Waals surface area (Å²) < 4.78 is 39.5. The molecule has 0 spiro atoms. The van der Waals surface area contributed by atoms with Gasteiger partial charge in [0.2, 0.25) is 0 Å². The Morgan fingerprint density at radius 1 is 1.03 bits per heavy atom. The predicted octanol–water partition coefficient (Wildman–Crippen LogP) is 7.95. The van der Waals surface area contributed by atoms with Crippen molar-refractivity contribution < 1.29 is 23.2 Å². The van der Waals surface area contributed by atoms with Crippen molar-refractivity contribution in [1.29, 1.82) is 0 Å². The van der Waals surface area contributed by atoms with Crippen LogP contribution in [0.5, 0.6) is 0 Å². The number of hydroxylamine groups is 1. The van der Waals surface area contributed by atoms with E-state index in [2.05, 4.69) is 45.4 Å². The Hall–Kier alpha value is -2.50. The van der Waals surface area contributed by atoms with Gasteiger partial charge in [0.1, 0.15) is 0 Å². The van der Waals surface area contributed by atoms with Gasteiger partial charge in [-0.2, -0.15) is 18.2 Å². The lowest BCUT2D eigenvalue weighted by atomic mass is 10.1. The van der Waals surface area contributed by atoms with Crippen LogP contribution in [-0.2, 0) is 12.6 Å². The maximum absolute atomic E-state index is 13.0. The second-order valence-electron chi connectivity index (χ2n) is 7.53. The lowest BCUT2D eigenvalue weighted by Crippen LogP contribution is -2.31. The summed E-state index contributed by atoms with van der Waals surface area (Å²) >= 11 is 8.03. The first kappa shape index (κ1) is 23.7. The average Bonchev–Trinajstić information content (AvgIpc) is 3.14. The number of alkyl halides is 4. The number of aryl methyl sites for hydroxylation is 1. The molecule has 0 aromatic heterocycles. The number of urea groups is 1. The zero-order chi connectivity index (χ0) is 23.8. The van der Waals surface area contributed by atoms with E-state index >= 15 is 0 Å². The van der Waals surface area contributed by atoms with Gasteiger partial charge in [-0.3, -0.25) is 5.21 Å². The van der Waals surface area contributed by atoms with Crippen molar-refractivity contribution in [1.82, 2.24) is 0 Å². The Balaban J connectivity index is 1.43. The normalized spacial score (nSPS) is 15.2. The molecule has 0 saturated heterocycles. The highest BCUT2D eigenvalue weighted by Crippen LogP contribution is 2.40. The van der Waals surface area contributed by atoms with E-state index in [0.29, 0.717) is 15.1 Å². The third-order valence-corrected chi connectivity index (χ3v) is 6.89. The summed E-state index contributed by atoms with van der Waals surface area (Å²) in [5.74, 6) is 0. The molecule has 3 aromatic carbocycles. The number of nitrogens with zero attached hydrogens (tertiary/aromatic N) is 1. The Morgan fingerprint density at radius 3 is 2.39 bits per heavy atom. The number of amides is 2. The van der Waals surface area contributed by atoms with Crippen LogP contribution in [0.1, 0.15) is 27.0 Å². The molecule has 10 heteroatoms. The number of anilines is 4. The average molecular weight is 588 g/mol. The van der Waals surface area contributed by atoms with Crippen LogP contribution < -0.4 is 15.7 Å². The van der Waals surface area contributed by atoms with E-state index in [-0.39, 0.29) is 11.4 Å². The summed E-state index contributed by atoms with van der Waals surface area (Å²) in [5.41, 5.74) is 3.28. The minimum atomic E-state index is -4.67. The Morgan fingerprint density at radius 2 is 1.70 bits per heavy atom. The molecule has 0 radical (unpaired) electrons. The van der Waals surface area contributed by atoms with Gasteiger partial charge in [-0.1, -0.05) is 40.3 Å². The van der Waals surface area contributed by atoms with Crippen LogP contribution in [0.3, 0.4) is 0 Å². The molecule has 3 aromatic rings. The van der Waals surface area contributed by atoms with E-state index < -0.39 is 22.8 Å². The van der Waals surface area contributed by atoms with Gasteiger partial charge in [-0.05, 0) is 78.6 Å². The number of halogens is 5. The molecular weight excluding hydrogens is 570 g/mol. The molecule has 1 aliphatic rings. The van der Waals surface area contributed by atoms with Crippen LogP contribution in [0.25, 0.3) is 0 Å². The van der Waals surface area contributed by atoms with Crippen LogP contribution in [0.2, 0.25) is 5.02 Å². The highest BCUT2D eigenvalue weighted by molar-refractivity contribution is 14.1. The lowest BCUT2D eigenvalue weighted by Gasteiger charge is -2.17. The van der Waals surface area contributed by atoms with Crippen molar-refractivity contribution in [3.8, 4) is 0 Å². The van der Waals surface area contributed by atoms with Crippen LogP contribution >= 0.6 is 34.2 Å². The molecule has 33 heavy (non-hydrogen) atoms. The van der Waals surface area contributed by atoms with Crippen LogP contribution in [0.4, 0.5) is 40.7 Å². The number of fused-ring (bicyclic) bond motifs is 1. The monoisotopic (exact) mass is 587 g/mol. The molecular formula is C23H18ClF3IN3O2. The maximum atomic E-state index is 13.0. The quantitative estimate of drug-likeness (QED) is 0.126. The first-order valence-corrected chi connectivity index (χ1v) is 11.5. The molecule has 5 nitrogen and oxygen atoms in total. The molecule has 0 bridgehead atoms. The van der Waals surface area contributed by atoms with Gasteiger partial charge >= 0.3 is 12.2 Å². The van der Waals surface area contributed by atoms with Gasteiger partial charge in [0.05, 0.1) is 16.3 Å². The Labute approximate surface area is 206 Å². The van der Waals surface area contributed by atoms with E-state index in [1.54, 1.807) is 12.1 Å². The topological polar surface area (TPSA) is 64.6 Å². The van der Waals surface area contributed by atoms with Crippen LogP contribution in [-0.4, -0.2) is 11.2 Å². The number of carbonyl (C=O) groups excluding carboxylic acids is 1. The summed E-state index contributed by atoms with van der Waals surface area (Å²) in [7, 11) is 0. The first-order valence-electron chi connectivity index (χ1n) is 9.92. The summed E-state index contributed by atoms with van der Waals surface area (Å²) in [5, 5.41) is 15.6. The first-order chi connectivity index (χ1) is 15.6. The third-order valence-electron chi connectivity index (χ3n) is 5.27. The SMILES string of the molecule is O=C(Nc1ccc(Cl)c(C(F)(F)F)c1)N(O)c1ccc(Nc2ccc3c(c2)C(I)CC3)cc1. The fraction of sp³-hybridized carbons (Fsp3) is 0.174. The lowest BCUT2D eigenvalue weighted by molar-refractivity contribution is -0.137. The van der Waals surface area contributed by atoms with Crippen molar-refractivity contribution in [2.45, 2.75) is 22.9 Å². The van der Waals surface area contributed by atoms with Crippen molar-refractivity contribution in [3.63, 3.8) is 0 Å². The van der Waals surface area contributed by atoms with Gasteiger partial charge in [0, 0.05) is 21.0 Å². The second kappa shape index (κ2) is 9.40. The third kappa shape index (κ3) is 5.36. The Kier molecular flexibility index (Phi) is 6.73. The number of benzene rings is 3. The van der Waals surface area contributed by atoms with E-state index in [4.69, 9.17) is 11.6 Å². The van der Waals surface area contributed by atoms with Gasteiger partial charge in [-0.25, -0.2) is 4.79 Å². The fourth-order valence-electron chi connectivity index (χ4n) is 3.60. The molecule has 0 fully saturated rings. The van der Waals surface area contributed by atoms with E-state index in [1.807, 2.05) is 6.07 Å². The molecule has 172 valence electrons. The standard InChI is InChI=1S/C23H18ClF3IN3O2/c24-20-9-6-16(12-19(20)23(25,26)27)30-22(32)31(33)17-7-4-14(5-8-17)29-15-3-1-13-2-10-21(28)18(13)11-15/h1,3-9,11-12,21,29,33H,2,10H2,(H,30,32). The summed E-state index contributed by atoms with van der Waals surface area (Å²) in [6, 6.07) is 14.6. The largest absolute Gasteiger partial charge is 0.417 e. The molecule has 0 heterocycles. The molecule has 3 N–H and O–H groups in total. The zero-order valence-corrected chi connectivity index (χ0v) is 19.9. The summed E-state index contributed by atoms with van der Waals surface area (Å²) in [6.45, 7) is 0. The number of hydrogen-bond donors (Lipinski definition) is 3. The smallest absolute Gasteiger partial charge is 0.356 e. The molecule has 1 atom stereocenters. The molecule has 1 unspecified atom stereocenters. The minimum Gasteiger partial charge on any atom is -0.356 e. The van der Waals surface area contributed by atoms with Gasteiger partial charge in [0.15, 0.2) is 0 Å². The maximum Gasteiger partial charge on any atom is 0.417 e. The van der Waals surface area contributed by atoms with Gasteiger partial charge in [-0.15, -0.1) is 0 Å². The van der Waals surface area contributed by atoms with Crippen LogP contribution in [0, 0.1) is 0 Å². The van der Waals surface area contributed by atoms with Crippen molar-refractivity contribution in [3.05, 3.63) is 82.4 Å². The zero-order valence-electron chi connectivity index (χ0n) is 17.0. The molecule has 4 rings (SSSR count). The van der Waals surface area contributed by atoms with E-state index in [1.165, 1.54) is 29.3 Å². The molecule has 0 saturated carbocycles. The Bertz CT molecular complexity index is 1190. The molecule has 0 aliphatic heterocycles. The van der Waals surface area contributed by atoms with Crippen LogP contribution in [0.15, 0.2) is 60.7 Å². The van der Waals surface area contributed by atoms with Crippen molar-refractivity contribution in [2.75, 3.05) is 15.7 Å². The fourth-order valence-corrected chi connectivity index (χ4v) is 4.71. The molecule has 2 amide bonds. The number of carbonyl (C=O) groups is 1. The van der Waals surface area contributed by atoms with E-state index in [0.717, 1.165) is 30.3 Å². The van der Waals surface area contributed by atoms with Gasteiger partial charge < -0.3 is 10.6 Å². The predicted molar refractivity (Wildman–Crippen MR) is 131 cm³/mol. The summed E-state index contributed by atoms with van der Waals surface area (Å²) in [6.07, 6.45) is -2.45. The van der Waals surface area contributed by atoms with Gasteiger partial charge in [0.25, 0.3) is 0 Å².